The number of hydrogen-bond donors (Lipinski definition) is 1. The number of fused-ring (bicyclic) bond motifs is 1. The molecule has 0 unspecified atom stereocenters. The molecule has 37 heavy (non-hydrogen) atoms. The average molecular weight is 581 g/mol. The molecule has 6 rings (SSSR count). The average Bonchev–Trinajstić information content (AvgIpc) is 3.50. The third-order valence-electron chi connectivity index (χ3n) is 6.69. The lowest BCUT2D eigenvalue weighted by molar-refractivity contribution is 0.0981. The molecule has 1 N–H and O–H groups in total. The molecule has 0 aliphatic carbocycles. The molecule has 10 heteroatoms. The van der Waals surface area contributed by atoms with Gasteiger partial charge in [0, 0.05) is 42.8 Å². The number of piperazine rings is 1. The van der Waals surface area contributed by atoms with E-state index >= 15 is 0 Å². The van der Waals surface area contributed by atoms with Crippen molar-refractivity contribution in [2.75, 3.05) is 33.0 Å². The summed E-state index contributed by atoms with van der Waals surface area (Å²) in [6.45, 7) is 5.56. The number of benzene rings is 3. The molecule has 0 atom stereocenters. The fourth-order valence-electron chi connectivity index (χ4n) is 4.70. The Kier molecular flexibility index (Phi) is 6.72. The van der Waals surface area contributed by atoms with Gasteiger partial charge in [-0.25, -0.2) is 4.68 Å². The maximum atomic E-state index is 9.77. The molecule has 0 spiro atoms. The molecule has 0 bridgehead atoms. The molecule has 4 aromatic rings. The number of phenolic OH excluding ortho intramolecular Hbond substituents is 1. The molecule has 1 saturated heterocycles. The summed E-state index contributed by atoms with van der Waals surface area (Å²) in [5, 5.41) is 14.7. The lowest BCUT2D eigenvalue weighted by atomic mass is 10.1. The molecule has 3 aromatic carbocycles. The largest absolute Gasteiger partial charge is 0.508 e. The Hall–Kier alpha value is -3.18. The lowest BCUT2D eigenvalue weighted by Gasteiger charge is -2.34. The molecule has 8 nitrogen and oxygen atoms in total. The van der Waals surface area contributed by atoms with Crippen LogP contribution >= 0.6 is 28.1 Å². The van der Waals surface area contributed by atoms with Gasteiger partial charge in [0.15, 0.2) is 17.3 Å². The van der Waals surface area contributed by atoms with Gasteiger partial charge in [-0.2, -0.15) is 0 Å². The molecule has 1 aromatic heterocycles. The quantitative estimate of drug-likeness (QED) is 0.321. The van der Waals surface area contributed by atoms with E-state index in [-0.39, 0.29) is 5.75 Å². The predicted molar refractivity (Wildman–Crippen MR) is 147 cm³/mol. The van der Waals surface area contributed by atoms with Crippen molar-refractivity contribution in [1.29, 1.82) is 0 Å². The minimum atomic E-state index is 0.218. The van der Waals surface area contributed by atoms with Gasteiger partial charge < -0.3 is 14.6 Å². The van der Waals surface area contributed by atoms with Crippen LogP contribution in [0, 0.1) is 4.77 Å². The molecular weight excluding hydrogens is 554 g/mol. The highest BCUT2D eigenvalue weighted by Gasteiger charge is 2.21. The van der Waals surface area contributed by atoms with Crippen molar-refractivity contribution in [3.63, 3.8) is 0 Å². The number of aromatic nitrogens is 3. The normalized spacial score (nSPS) is 15.8. The number of nitrogens with zero attached hydrogens (tertiary/aromatic N) is 5. The van der Waals surface area contributed by atoms with Crippen molar-refractivity contribution < 1.29 is 14.6 Å². The van der Waals surface area contributed by atoms with Gasteiger partial charge in [-0.3, -0.25) is 14.4 Å². The number of phenols is 1. The lowest BCUT2D eigenvalue weighted by Crippen LogP contribution is -2.46. The van der Waals surface area contributed by atoms with Gasteiger partial charge in [-0.1, -0.05) is 22.0 Å². The maximum absolute atomic E-state index is 9.77. The van der Waals surface area contributed by atoms with E-state index in [0.29, 0.717) is 18.2 Å². The minimum Gasteiger partial charge on any atom is -0.508 e. The van der Waals surface area contributed by atoms with Crippen LogP contribution in [0.15, 0.2) is 71.2 Å². The van der Waals surface area contributed by atoms with Gasteiger partial charge in [0.25, 0.3) is 0 Å². The SMILES string of the molecule is Oc1ccc(-c2nn(CN3CCN(Cc4ccc5c(c4)OCO5)CC3)c(=S)n2-c2ccc(Br)cc2)cc1. The Morgan fingerprint density at radius 2 is 1.57 bits per heavy atom. The zero-order valence-corrected chi connectivity index (χ0v) is 22.5. The zero-order chi connectivity index (χ0) is 25.4. The van der Waals surface area contributed by atoms with E-state index in [1.807, 2.05) is 51.7 Å². The highest BCUT2D eigenvalue weighted by molar-refractivity contribution is 9.10. The summed E-state index contributed by atoms with van der Waals surface area (Å²) < 4.78 is 16.5. The molecule has 2 aliphatic rings. The first kappa shape index (κ1) is 24.2. The summed E-state index contributed by atoms with van der Waals surface area (Å²) in [4.78, 5) is 4.83. The van der Waals surface area contributed by atoms with E-state index in [2.05, 4.69) is 37.9 Å². The Bertz CT molecular complexity index is 1460. The number of ether oxygens (including phenoxy) is 2. The molecule has 0 amide bonds. The van der Waals surface area contributed by atoms with Crippen molar-refractivity contribution >= 4 is 28.1 Å². The number of rotatable bonds is 6. The van der Waals surface area contributed by atoms with E-state index < -0.39 is 0 Å². The zero-order valence-electron chi connectivity index (χ0n) is 20.1. The second-order valence-corrected chi connectivity index (χ2v) is 10.5. The molecule has 2 aliphatic heterocycles. The summed E-state index contributed by atoms with van der Waals surface area (Å²) in [7, 11) is 0. The first-order valence-electron chi connectivity index (χ1n) is 12.1. The molecule has 0 saturated carbocycles. The molecule has 0 radical (unpaired) electrons. The van der Waals surface area contributed by atoms with Crippen LogP contribution in [0.2, 0.25) is 0 Å². The van der Waals surface area contributed by atoms with Gasteiger partial charge in [-0.15, -0.1) is 5.10 Å². The van der Waals surface area contributed by atoms with E-state index in [1.54, 1.807) is 12.1 Å². The van der Waals surface area contributed by atoms with Crippen LogP contribution in [0.1, 0.15) is 5.56 Å². The Balaban J connectivity index is 1.18. The van der Waals surface area contributed by atoms with Crippen LogP contribution < -0.4 is 9.47 Å². The highest BCUT2D eigenvalue weighted by atomic mass is 79.9. The molecule has 190 valence electrons. The summed E-state index contributed by atoms with van der Waals surface area (Å²) in [6, 6.07) is 21.3. The fourth-order valence-corrected chi connectivity index (χ4v) is 5.25. The van der Waals surface area contributed by atoms with E-state index in [0.717, 1.165) is 65.8 Å². The van der Waals surface area contributed by atoms with Crippen LogP contribution in [-0.2, 0) is 13.2 Å². The first-order valence-corrected chi connectivity index (χ1v) is 13.3. The Morgan fingerprint density at radius 3 is 2.32 bits per heavy atom. The van der Waals surface area contributed by atoms with Crippen LogP contribution in [0.4, 0.5) is 0 Å². The van der Waals surface area contributed by atoms with Crippen molar-refractivity contribution in [2.24, 2.45) is 0 Å². The van der Waals surface area contributed by atoms with E-state index in [1.165, 1.54) is 5.56 Å². The number of aromatic hydroxyl groups is 1. The first-order chi connectivity index (χ1) is 18.0. The van der Waals surface area contributed by atoms with Crippen LogP contribution in [0.5, 0.6) is 17.2 Å². The molecule has 3 heterocycles. The van der Waals surface area contributed by atoms with Gasteiger partial charge in [0.1, 0.15) is 5.75 Å². The molecular formula is C27H26BrN5O3S. The summed E-state index contributed by atoms with van der Waals surface area (Å²) in [5.41, 5.74) is 3.06. The summed E-state index contributed by atoms with van der Waals surface area (Å²) in [5.74, 6) is 2.61. The Labute approximate surface area is 228 Å². The van der Waals surface area contributed by atoms with Gasteiger partial charge >= 0.3 is 0 Å². The van der Waals surface area contributed by atoms with Crippen molar-refractivity contribution in [3.05, 3.63) is 81.5 Å². The van der Waals surface area contributed by atoms with Gasteiger partial charge in [-0.05, 0) is 78.4 Å². The van der Waals surface area contributed by atoms with Crippen molar-refractivity contribution in [3.8, 4) is 34.3 Å². The monoisotopic (exact) mass is 579 g/mol. The highest BCUT2D eigenvalue weighted by Crippen LogP contribution is 2.33. The number of hydrogen-bond acceptors (Lipinski definition) is 7. The summed E-state index contributed by atoms with van der Waals surface area (Å²) in [6.07, 6.45) is 0. The second kappa shape index (κ2) is 10.3. The Morgan fingerprint density at radius 1 is 0.865 bits per heavy atom. The standard InChI is InChI=1S/C27H26BrN5O3S/c28-21-4-6-22(7-5-21)33-26(20-2-8-23(34)9-3-20)29-32(27(33)37)17-31-13-11-30(12-14-31)16-19-1-10-24-25(15-19)36-18-35-24/h1-10,15,34H,11-14,16-18H2. The van der Waals surface area contributed by atoms with E-state index in [9.17, 15) is 5.11 Å². The van der Waals surface area contributed by atoms with Gasteiger partial charge in [0.05, 0.1) is 12.4 Å². The van der Waals surface area contributed by atoms with Crippen LogP contribution in [0.25, 0.3) is 17.1 Å². The minimum absolute atomic E-state index is 0.218. The van der Waals surface area contributed by atoms with Crippen molar-refractivity contribution in [1.82, 2.24) is 24.1 Å². The van der Waals surface area contributed by atoms with Crippen molar-refractivity contribution in [2.45, 2.75) is 13.2 Å². The molecule has 1 fully saturated rings. The topological polar surface area (TPSA) is 67.9 Å². The maximum Gasteiger partial charge on any atom is 0.231 e. The van der Waals surface area contributed by atoms with E-state index in [4.69, 9.17) is 26.8 Å². The predicted octanol–water partition coefficient (Wildman–Crippen LogP) is 5.04. The third-order valence-corrected chi connectivity index (χ3v) is 7.61. The second-order valence-electron chi connectivity index (χ2n) is 9.19. The number of halogens is 1. The summed E-state index contributed by atoms with van der Waals surface area (Å²) >= 11 is 9.43. The fraction of sp³-hybridized carbons (Fsp3) is 0.259. The third kappa shape index (κ3) is 5.15. The smallest absolute Gasteiger partial charge is 0.231 e. The van der Waals surface area contributed by atoms with Gasteiger partial charge in [0.2, 0.25) is 11.6 Å². The van der Waals surface area contributed by atoms with Crippen LogP contribution in [0.3, 0.4) is 0 Å². The van der Waals surface area contributed by atoms with Crippen LogP contribution in [-0.4, -0.2) is 62.2 Å².